The molecule has 0 spiro atoms. The second-order valence-electron chi connectivity index (χ2n) is 10.9. The number of fused-ring (bicyclic) bond motifs is 4. The minimum absolute atomic E-state index is 0.289. The lowest BCUT2D eigenvalue weighted by molar-refractivity contribution is 0.571. The van der Waals surface area contributed by atoms with E-state index >= 15 is 0 Å². The minimum Gasteiger partial charge on any atom is -0.455 e. The zero-order valence-corrected chi connectivity index (χ0v) is 25.2. The average Bonchev–Trinajstić information content (AvgIpc) is 3.25. The third kappa shape index (κ3) is 4.50. The Labute approximate surface area is 238 Å². The van der Waals surface area contributed by atoms with Crippen LogP contribution in [-0.4, -0.2) is 9.72 Å². The van der Waals surface area contributed by atoms with E-state index in [1.807, 2.05) is 24.3 Å². The van der Waals surface area contributed by atoms with Crippen LogP contribution in [0.5, 0.6) is 5.75 Å². The summed E-state index contributed by atoms with van der Waals surface area (Å²) in [5.41, 5.74) is 3.45. The molecule has 0 bridgehead atoms. The fraction of sp³-hybridized carbons (Fsp3) is 0.176. The summed E-state index contributed by atoms with van der Waals surface area (Å²) in [7, 11) is -2.69. The number of para-hydroxylation sites is 1. The van der Waals surface area contributed by atoms with Crippen molar-refractivity contribution in [1.82, 2.24) is 4.57 Å². The Morgan fingerprint density at radius 1 is 0.744 bits per heavy atom. The van der Waals surface area contributed by atoms with Gasteiger partial charge in [-0.3, -0.25) is 0 Å². The molecule has 196 valence electrons. The second kappa shape index (κ2) is 10.0. The number of rotatable bonds is 5. The van der Waals surface area contributed by atoms with Gasteiger partial charge in [-0.15, -0.1) is 0 Å². The molecule has 1 heterocycles. The zero-order chi connectivity index (χ0) is 27.2. The van der Waals surface area contributed by atoms with Gasteiger partial charge in [0.05, 0.1) is 5.69 Å². The highest BCUT2D eigenvalue weighted by molar-refractivity contribution is 9.10. The number of hydrogen-bond donors (Lipinski definition) is 0. The average molecular weight is 596 g/mol. The molecule has 6 rings (SSSR count). The van der Waals surface area contributed by atoms with Gasteiger partial charge in [-0.2, -0.15) is 0 Å². The summed E-state index contributed by atoms with van der Waals surface area (Å²) in [6, 6.07) is 38.5. The van der Waals surface area contributed by atoms with Crippen molar-refractivity contribution in [2.75, 3.05) is 0 Å². The van der Waals surface area contributed by atoms with Gasteiger partial charge < -0.3 is 9.09 Å². The van der Waals surface area contributed by atoms with Gasteiger partial charge in [-0.05, 0) is 60.8 Å². The van der Waals surface area contributed by atoms with Crippen molar-refractivity contribution in [3.63, 3.8) is 0 Å². The molecule has 3 nitrogen and oxygen atoms in total. The second-order valence-corrected chi connectivity index (χ2v) is 15.2. The smallest absolute Gasteiger partial charge is 0.173 e. The van der Waals surface area contributed by atoms with E-state index in [4.69, 9.17) is 9.27 Å². The highest BCUT2D eigenvalue weighted by Crippen LogP contribution is 2.62. The molecule has 39 heavy (non-hydrogen) atoms. The lowest BCUT2D eigenvalue weighted by Gasteiger charge is -2.37. The van der Waals surface area contributed by atoms with Gasteiger partial charge >= 0.3 is 0 Å². The Bertz CT molecular complexity index is 1890. The van der Waals surface area contributed by atoms with E-state index in [2.05, 4.69) is 133 Å². The van der Waals surface area contributed by atoms with E-state index in [0.717, 1.165) is 33.1 Å². The summed E-state index contributed by atoms with van der Waals surface area (Å²) in [6.45, 7) is 9.89. The molecule has 5 aromatic carbocycles. The summed E-state index contributed by atoms with van der Waals surface area (Å²) >= 11 is 3.65. The molecular formula is C34H32BrN2OP. The molecule has 6 aromatic rings. The quantitative estimate of drug-likeness (QED) is 0.182. The molecule has 1 aromatic heterocycles. The van der Waals surface area contributed by atoms with Crippen molar-refractivity contribution in [3.8, 4) is 5.75 Å². The van der Waals surface area contributed by atoms with E-state index in [1.165, 1.54) is 27.2 Å². The molecule has 1 unspecified atom stereocenters. The molecule has 0 N–H and O–H groups in total. The number of benzene rings is 5. The fourth-order valence-corrected chi connectivity index (χ4v) is 8.97. The molecule has 0 aliphatic carbocycles. The number of halogens is 1. The fourth-order valence-electron chi connectivity index (χ4n) is 5.50. The van der Waals surface area contributed by atoms with Gasteiger partial charge in [0.2, 0.25) is 0 Å². The van der Waals surface area contributed by atoms with Crippen molar-refractivity contribution >= 4 is 66.8 Å². The van der Waals surface area contributed by atoms with Crippen LogP contribution in [0.1, 0.15) is 27.7 Å². The van der Waals surface area contributed by atoms with Crippen LogP contribution < -0.4 is 9.83 Å². The third-order valence-electron chi connectivity index (χ3n) is 7.38. The topological polar surface area (TPSA) is 26.5 Å². The van der Waals surface area contributed by atoms with E-state index in [0.29, 0.717) is 0 Å². The van der Waals surface area contributed by atoms with Gasteiger partial charge in [-0.1, -0.05) is 97.4 Å². The third-order valence-corrected chi connectivity index (χ3v) is 11.6. The first-order valence-electron chi connectivity index (χ1n) is 13.4. The maximum Gasteiger partial charge on any atom is 0.173 e. The van der Waals surface area contributed by atoms with Crippen LogP contribution in [0.3, 0.4) is 0 Å². The SMILES string of the molecule is CCn1c2ccccc2c2cc(P(=Nc3cccc4ccccc34)(Oc3cccc(Br)c3)C(C)(C)C)ccc21. The summed E-state index contributed by atoms with van der Waals surface area (Å²) in [6.07, 6.45) is 0. The molecule has 0 saturated carbocycles. The Hall–Kier alpha value is -3.33. The maximum atomic E-state index is 7.19. The molecule has 0 aliphatic rings. The summed E-state index contributed by atoms with van der Waals surface area (Å²) in [5, 5.41) is 5.66. The molecule has 1 atom stereocenters. The molecule has 0 radical (unpaired) electrons. The number of aryl methyl sites for hydroxylation is 1. The molecule has 0 aliphatic heterocycles. The van der Waals surface area contributed by atoms with Crippen LogP contribution in [-0.2, 0) is 6.54 Å². The Morgan fingerprint density at radius 3 is 2.21 bits per heavy atom. The number of hydrogen-bond acceptors (Lipinski definition) is 2. The highest BCUT2D eigenvalue weighted by Gasteiger charge is 2.39. The largest absolute Gasteiger partial charge is 0.455 e. The first-order chi connectivity index (χ1) is 18.8. The Balaban J connectivity index is 1.71. The van der Waals surface area contributed by atoms with E-state index in [-0.39, 0.29) is 5.16 Å². The highest BCUT2D eigenvalue weighted by atomic mass is 79.9. The molecule has 0 fully saturated rings. The lowest BCUT2D eigenvalue weighted by Crippen LogP contribution is -2.27. The van der Waals surface area contributed by atoms with Crippen molar-refractivity contribution < 1.29 is 4.52 Å². The van der Waals surface area contributed by atoms with Gasteiger partial charge in [0.25, 0.3) is 0 Å². The monoisotopic (exact) mass is 594 g/mol. The van der Waals surface area contributed by atoms with Crippen LogP contribution in [0.25, 0.3) is 32.6 Å². The van der Waals surface area contributed by atoms with E-state index in [9.17, 15) is 0 Å². The summed E-state index contributed by atoms with van der Waals surface area (Å²) < 4.78 is 16.2. The number of nitrogens with zero attached hydrogens (tertiary/aromatic N) is 2. The van der Waals surface area contributed by atoms with Crippen LogP contribution in [0.15, 0.2) is 118 Å². The van der Waals surface area contributed by atoms with Crippen LogP contribution >= 0.6 is 23.2 Å². The molecular weight excluding hydrogens is 563 g/mol. The van der Waals surface area contributed by atoms with Gasteiger partial charge in [0.15, 0.2) is 7.28 Å². The van der Waals surface area contributed by atoms with Crippen molar-refractivity contribution in [2.24, 2.45) is 4.74 Å². The minimum atomic E-state index is -2.69. The summed E-state index contributed by atoms with van der Waals surface area (Å²) in [5.74, 6) is 0.813. The maximum absolute atomic E-state index is 7.19. The Kier molecular flexibility index (Phi) is 6.65. The summed E-state index contributed by atoms with van der Waals surface area (Å²) in [4.78, 5) is 0. The standard InChI is InChI=1S/C34H32BrN2OP/c1-5-37-32-19-9-8-17-29(32)30-23-27(20-21-33(30)37)39(34(2,3)4,38-26-15-11-14-25(35)22-26)36-31-18-10-13-24-12-6-7-16-28(24)31/h6-23H,5H2,1-4H3. The normalized spacial score (nSPS) is 13.6. The Morgan fingerprint density at radius 2 is 1.44 bits per heavy atom. The number of aromatic nitrogens is 1. The predicted molar refractivity (Wildman–Crippen MR) is 172 cm³/mol. The van der Waals surface area contributed by atoms with Crippen LogP contribution in [0.4, 0.5) is 5.69 Å². The van der Waals surface area contributed by atoms with Gasteiger partial charge in [0.1, 0.15) is 5.75 Å². The van der Waals surface area contributed by atoms with Crippen LogP contribution in [0, 0.1) is 0 Å². The first kappa shape index (κ1) is 25.9. The zero-order valence-electron chi connectivity index (χ0n) is 22.7. The lowest BCUT2D eigenvalue weighted by atomic mass is 10.1. The van der Waals surface area contributed by atoms with Gasteiger partial charge in [0, 0.05) is 48.7 Å². The van der Waals surface area contributed by atoms with Gasteiger partial charge in [-0.25, -0.2) is 4.74 Å². The molecule has 5 heteroatoms. The van der Waals surface area contributed by atoms with Crippen molar-refractivity contribution in [1.29, 1.82) is 0 Å². The first-order valence-corrected chi connectivity index (χ1v) is 15.8. The van der Waals surface area contributed by atoms with E-state index < -0.39 is 7.28 Å². The molecule has 0 amide bonds. The van der Waals surface area contributed by atoms with Crippen LogP contribution in [0.2, 0.25) is 0 Å². The molecule has 0 saturated heterocycles. The van der Waals surface area contributed by atoms with Crippen molar-refractivity contribution in [2.45, 2.75) is 39.4 Å². The predicted octanol–water partition coefficient (Wildman–Crippen LogP) is 10.7. The van der Waals surface area contributed by atoms with E-state index in [1.54, 1.807) is 0 Å². The van der Waals surface area contributed by atoms with Crippen molar-refractivity contribution in [3.05, 3.63) is 114 Å².